The summed E-state index contributed by atoms with van der Waals surface area (Å²) in [6.45, 7) is 7.96. The van der Waals surface area contributed by atoms with E-state index in [1.54, 1.807) is 0 Å². The van der Waals surface area contributed by atoms with Gasteiger partial charge in [-0.2, -0.15) is 0 Å². The van der Waals surface area contributed by atoms with Gasteiger partial charge in [0.2, 0.25) is 0 Å². The van der Waals surface area contributed by atoms with Crippen molar-refractivity contribution in [1.82, 2.24) is 19.5 Å². The van der Waals surface area contributed by atoms with E-state index in [-0.39, 0.29) is 0 Å². The van der Waals surface area contributed by atoms with Crippen LogP contribution < -0.4 is 0 Å². The van der Waals surface area contributed by atoms with Gasteiger partial charge in [0.1, 0.15) is 11.6 Å². The molecule has 18 heavy (non-hydrogen) atoms. The third kappa shape index (κ3) is 1.92. The molecule has 0 unspecified atom stereocenters. The van der Waals surface area contributed by atoms with Crippen LogP contribution in [0.5, 0.6) is 0 Å². The summed E-state index contributed by atoms with van der Waals surface area (Å²) >= 11 is 0. The Kier molecular flexibility index (Phi) is 3.45. The molecule has 0 N–H and O–H groups in total. The number of imidazole rings is 1. The predicted octanol–water partition coefficient (Wildman–Crippen LogP) is 2.62. The molecule has 0 fully saturated rings. The monoisotopic (exact) mass is 244 g/mol. The van der Waals surface area contributed by atoms with Gasteiger partial charge in [0.25, 0.3) is 0 Å². The molecule has 2 aromatic rings. The molecule has 0 amide bonds. The summed E-state index contributed by atoms with van der Waals surface area (Å²) in [5, 5.41) is 0. The maximum atomic E-state index is 4.58. The van der Waals surface area contributed by atoms with Crippen molar-refractivity contribution in [2.24, 2.45) is 7.05 Å². The van der Waals surface area contributed by atoms with Gasteiger partial charge >= 0.3 is 0 Å². The molecule has 4 heteroatoms. The Hall–Kier alpha value is -1.71. The van der Waals surface area contributed by atoms with E-state index >= 15 is 0 Å². The highest BCUT2D eigenvalue weighted by molar-refractivity contribution is 5.65. The molecular formula is C14H20N4. The van der Waals surface area contributed by atoms with Gasteiger partial charge in [-0.25, -0.2) is 15.0 Å². The van der Waals surface area contributed by atoms with E-state index in [1.807, 2.05) is 40.9 Å². The van der Waals surface area contributed by atoms with E-state index in [9.17, 15) is 0 Å². The minimum absolute atomic E-state index is 0.824. The topological polar surface area (TPSA) is 43.6 Å². The number of nitrogens with zero attached hydrogens (tertiary/aromatic N) is 4. The average molecular weight is 244 g/mol. The zero-order valence-corrected chi connectivity index (χ0v) is 11.8. The summed E-state index contributed by atoms with van der Waals surface area (Å²) in [6, 6.07) is 0. The maximum Gasteiger partial charge on any atom is 0.125 e. The smallest absolute Gasteiger partial charge is 0.125 e. The Morgan fingerprint density at radius 2 is 1.83 bits per heavy atom. The summed E-state index contributed by atoms with van der Waals surface area (Å²) in [4.78, 5) is 13.4. The molecule has 0 atom stereocenters. The molecule has 0 aromatic carbocycles. The van der Waals surface area contributed by atoms with Crippen LogP contribution >= 0.6 is 0 Å². The lowest BCUT2D eigenvalue weighted by molar-refractivity contribution is 0.841. The lowest BCUT2D eigenvalue weighted by Gasteiger charge is -2.15. The largest absolute Gasteiger partial charge is 0.330 e. The number of rotatable bonds is 0. The molecule has 4 nitrogen and oxygen atoms in total. The fourth-order valence-corrected chi connectivity index (χ4v) is 2.28. The van der Waals surface area contributed by atoms with Crippen molar-refractivity contribution in [1.29, 1.82) is 0 Å². The van der Waals surface area contributed by atoms with Gasteiger partial charge in [-0.15, -0.1) is 0 Å². The van der Waals surface area contributed by atoms with Gasteiger partial charge in [0, 0.05) is 13.2 Å². The van der Waals surface area contributed by atoms with Crippen molar-refractivity contribution >= 4 is 0 Å². The van der Waals surface area contributed by atoms with E-state index < -0.39 is 0 Å². The van der Waals surface area contributed by atoms with E-state index in [0.717, 1.165) is 30.2 Å². The van der Waals surface area contributed by atoms with Gasteiger partial charge < -0.3 is 4.57 Å². The van der Waals surface area contributed by atoms with Crippen LogP contribution in [0, 0.1) is 13.8 Å². The Labute approximate surface area is 108 Å². The minimum Gasteiger partial charge on any atom is -0.330 e. The van der Waals surface area contributed by atoms with Crippen molar-refractivity contribution in [2.75, 3.05) is 0 Å². The van der Waals surface area contributed by atoms with Crippen molar-refractivity contribution in [2.45, 2.75) is 40.5 Å². The number of aryl methyl sites for hydroxylation is 4. The molecule has 2 aromatic heterocycles. The van der Waals surface area contributed by atoms with Crippen LogP contribution in [0.2, 0.25) is 0 Å². The Morgan fingerprint density at radius 1 is 1.11 bits per heavy atom. The Balaban J connectivity index is 0.000000574. The third-order valence-corrected chi connectivity index (χ3v) is 3.23. The molecule has 0 radical (unpaired) electrons. The fourth-order valence-electron chi connectivity index (χ4n) is 2.28. The highest BCUT2D eigenvalue weighted by atomic mass is 15.1. The molecule has 96 valence electrons. The van der Waals surface area contributed by atoms with Crippen LogP contribution in [0.3, 0.4) is 0 Å². The minimum atomic E-state index is 0.824. The quantitative estimate of drug-likeness (QED) is 0.715. The van der Waals surface area contributed by atoms with E-state index in [2.05, 4.69) is 19.5 Å². The van der Waals surface area contributed by atoms with Gasteiger partial charge in [0.15, 0.2) is 0 Å². The molecule has 1 aliphatic carbocycles. The average Bonchev–Trinajstić information content (AvgIpc) is 2.68. The van der Waals surface area contributed by atoms with Gasteiger partial charge in [0.05, 0.1) is 17.1 Å². The molecule has 0 bridgehead atoms. The van der Waals surface area contributed by atoms with Crippen molar-refractivity contribution in [3.8, 4) is 11.4 Å². The van der Waals surface area contributed by atoms with E-state index in [1.165, 1.54) is 17.0 Å². The standard InChI is InChI=1S/C12H14N4.C2H6/c1-7-13-6-9-4-5-10-12(11(9)14-7)16(3)8(2)15-10;1-2/h6H,4-5H2,1-3H3;1-2H3. The first-order chi connectivity index (χ1) is 8.66. The molecule has 0 spiro atoms. The van der Waals surface area contributed by atoms with Crippen LogP contribution in [-0.2, 0) is 19.9 Å². The molecule has 0 saturated heterocycles. The first kappa shape index (κ1) is 12.7. The first-order valence-electron chi connectivity index (χ1n) is 6.52. The second-order valence-corrected chi connectivity index (χ2v) is 4.30. The number of hydrogen-bond acceptors (Lipinski definition) is 3. The molecule has 0 saturated carbocycles. The summed E-state index contributed by atoms with van der Waals surface area (Å²) in [6.07, 6.45) is 3.94. The van der Waals surface area contributed by atoms with Crippen molar-refractivity contribution in [3.63, 3.8) is 0 Å². The Morgan fingerprint density at radius 3 is 2.56 bits per heavy atom. The van der Waals surface area contributed by atoms with Crippen molar-refractivity contribution in [3.05, 3.63) is 29.1 Å². The van der Waals surface area contributed by atoms with Crippen molar-refractivity contribution < 1.29 is 0 Å². The molecule has 2 heterocycles. The number of aromatic nitrogens is 4. The highest BCUT2D eigenvalue weighted by Gasteiger charge is 2.23. The normalized spacial score (nSPS) is 12.3. The second-order valence-electron chi connectivity index (χ2n) is 4.30. The van der Waals surface area contributed by atoms with Gasteiger partial charge in [-0.1, -0.05) is 13.8 Å². The number of fused-ring (bicyclic) bond motifs is 3. The van der Waals surface area contributed by atoms with E-state index in [4.69, 9.17) is 0 Å². The maximum absolute atomic E-state index is 4.58. The zero-order chi connectivity index (χ0) is 13.3. The van der Waals surface area contributed by atoms with Crippen LogP contribution in [0.1, 0.15) is 36.8 Å². The van der Waals surface area contributed by atoms with E-state index in [0.29, 0.717) is 0 Å². The SMILES string of the molecule is CC.Cc1ncc2c(n1)-c1c(nc(C)n1C)CC2. The molecule has 0 aliphatic heterocycles. The Bertz CT molecular complexity index is 569. The second kappa shape index (κ2) is 4.88. The van der Waals surface area contributed by atoms with Crippen LogP contribution in [0.15, 0.2) is 6.20 Å². The lowest BCUT2D eigenvalue weighted by Crippen LogP contribution is -2.09. The van der Waals surface area contributed by atoms with Gasteiger partial charge in [-0.05, 0) is 32.3 Å². The fraction of sp³-hybridized carbons (Fsp3) is 0.500. The number of hydrogen-bond donors (Lipinski definition) is 0. The van der Waals surface area contributed by atoms with Crippen LogP contribution in [-0.4, -0.2) is 19.5 Å². The molecule has 1 aliphatic rings. The summed E-state index contributed by atoms with van der Waals surface area (Å²) in [5.74, 6) is 1.87. The molecule has 3 rings (SSSR count). The third-order valence-electron chi connectivity index (χ3n) is 3.23. The summed E-state index contributed by atoms with van der Waals surface area (Å²) in [7, 11) is 2.05. The molecular weight excluding hydrogens is 224 g/mol. The highest BCUT2D eigenvalue weighted by Crippen LogP contribution is 2.31. The predicted molar refractivity (Wildman–Crippen MR) is 72.5 cm³/mol. The van der Waals surface area contributed by atoms with Crippen LogP contribution in [0.4, 0.5) is 0 Å². The zero-order valence-electron chi connectivity index (χ0n) is 11.8. The lowest BCUT2D eigenvalue weighted by atomic mass is 9.98. The summed E-state index contributed by atoms with van der Waals surface area (Å²) in [5.41, 5.74) is 4.65. The summed E-state index contributed by atoms with van der Waals surface area (Å²) < 4.78 is 2.12. The van der Waals surface area contributed by atoms with Crippen LogP contribution in [0.25, 0.3) is 11.4 Å². The first-order valence-corrected chi connectivity index (χ1v) is 6.52. The van der Waals surface area contributed by atoms with Gasteiger partial charge in [-0.3, -0.25) is 0 Å².